The first-order valence-electron chi connectivity index (χ1n) is 6.70. The van der Waals surface area contributed by atoms with Gasteiger partial charge < -0.3 is 10.1 Å². The monoisotopic (exact) mass is 401 g/mol. The highest BCUT2D eigenvalue weighted by molar-refractivity contribution is 9.10. The van der Waals surface area contributed by atoms with E-state index in [2.05, 4.69) is 21.2 Å². The number of amides is 1. The number of benzene rings is 2. The number of ether oxygens (including phenoxy) is 1. The molecule has 2 aromatic rings. The minimum absolute atomic E-state index is 0.360. The third kappa shape index (κ3) is 4.35. The smallest absolute Gasteiger partial charge is 0.341 e. The lowest BCUT2D eigenvalue weighted by Gasteiger charge is -2.14. The molecule has 24 heavy (non-hydrogen) atoms. The Labute approximate surface area is 143 Å². The zero-order valence-electron chi connectivity index (χ0n) is 12.3. The van der Waals surface area contributed by atoms with Crippen LogP contribution in [0.1, 0.15) is 17.3 Å². The van der Waals surface area contributed by atoms with E-state index in [9.17, 15) is 22.8 Å². The number of nitrogens with one attached hydrogen (secondary N) is 1. The van der Waals surface area contributed by atoms with Gasteiger partial charge in [0.15, 0.2) is 6.10 Å². The molecule has 0 unspecified atom stereocenters. The molecule has 0 saturated carbocycles. The molecule has 0 aliphatic carbocycles. The molecule has 2 rings (SSSR count). The van der Waals surface area contributed by atoms with Crippen LogP contribution in [-0.4, -0.2) is 18.0 Å². The Morgan fingerprint density at radius 3 is 2.46 bits per heavy atom. The van der Waals surface area contributed by atoms with Crippen molar-refractivity contribution in [2.75, 3.05) is 5.32 Å². The third-order valence-corrected chi connectivity index (χ3v) is 3.48. The molecule has 126 valence electrons. The van der Waals surface area contributed by atoms with Crippen molar-refractivity contribution in [2.24, 2.45) is 0 Å². The molecule has 0 bridgehead atoms. The molecule has 0 saturated heterocycles. The van der Waals surface area contributed by atoms with E-state index in [1.807, 2.05) is 0 Å². The molecule has 1 atom stereocenters. The van der Waals surface area contributed by atoms with Crippen LogP contribution in [-0.2, 0) is 9.53 Å². The molecule has 1 N–H and O–H groups in total. The van der Waals surface area contributed by atoms with Gasteiger partial charge in [-0.25, -0.2) is 18.0 Å². The topological polar surface area (TPSA) is 55.4 Å². The van der Waals surface area contributed by atoms with Crippen LogP contribution < -0.4 is 5.32 Å². The van der Waals surface area contributed by atoms with Gasteiger partial charge in [-0.15, -0.1) is 0 Å². The van der Waals surface area contributed by atoms with Crippen molar-refractivity contribution in [3.05, 3.63) is 63.9 Å². The lowest BCUT2D eigenvalue weighted by atomic mass is 10.2. The van der Waals surface area contributed by atoms with Gasteiger partial charge in [0.2, 0.25) is 0 Å². The van der Waals surface area contributed by atoms with E-state index >= 15 is 0 Å². The highest BCUT2D eigenvalue weighted by Gasteiger charge is 2.22. The van der Waals surface area contributed by atoms with Crippen LogP contribution in [0.25, 0.3) is 0 Å². The highest BCUT2D eigenvalue weighted by atomic mass is 79.9. The number of rotatable bonds is 4. The normalized spacial score (nSPS) is 11.7. The van der Waals surface area contributed by atoms with Crippen molar-refractivity contribution in [2.45, 2.75) is 13.0 Å². The Bertz CT molecular complexity index is 798. The largest absolute Gasteiger partial charge is 0.449 e. The second-order valence-corrected chi connectivity index (χ2v) is 5.70. The maximum absolute atomic E-state index is 13.6. The van der Waals surface area contributed by atoms with Gasteiger partial charge in [-0.3, -0.25) is 4.79 Å². The zero-order chi connectivity index (χ0) is 17.9. The van der Waals surface area contributed by atoms with Gasteiger partial charge in [-0.1, -0.05) is 15.9 Å². The Kier molecular flexibility index (Phi) is 5.61. The molecular weight excluding hydrogens is 391 g/mol. The average Bonchev–Trinajstić information content (AvgIpc) is 2.53. The number of carbonyl (C=O) groups excluding carboxylic acids is 2. The van der Waals surface area contributed by atoms with Crippen molar-refractivity contribution in [1.29, 1.82) is 0 Å². The van der Waals surface area contributed by atoms with Gasteiger partial charge in [0.25, 0.3) is 5.91 Å². The zero-order valence-corrected chi connectivity index (χ0v) is 13.9. The Morgan fingerprint density at radius 1 is 1.08 bits per heavy atom. The fourth-order valence-electron chi connectivity index (χ4n) is 1.76. The number of anilines is 1. The minimum atomic E-state index is -1.35. The van der Waals surface area contributed by atoms with Crippen LogP contribution in [0.3, 0.4) is 0 Å². The van der Waals surface area contributed by atoms with E-state index in [-0.39, 0.29) is 5.56 Å². The molecule has 0 aliphatic rings. The Hall–Kier alpha value is -2.35. The summed E-state index contributed by atoms with van der Waals surface area (Å²) in [5.41, 5.74) is -0.752. The standard InChI is InChI=1S/C16H11BrF3NO3/c1-8(15(22)21-14-7-10(18)3-5-13(14)20)24-16(23)11-6-9(17)2-4-12(11)19/h2-8H,1H3,(H,21,22)/t8-/m1/s1. The predicted octanol–water partition coefficient (Wildman–Crippen LogP) is 4.05. The molecular formula is C16H11BrF3NO3. The van der Waals surface area contributed by atoms with Crippen LogP contribution in [0.4, 0.5) is 18.9 Å². The summed E-state index contributed by atoms with van der Waals surface area (Å²) in [5, 5.41) is 2.10. The first-order chi connectivity index (χ1) is 11.3. The van der Waals surface area contributed by atoms with Gasteiger partial charge >= 0.3 is 5.97 Å². The highest BCUT2D eigenvalue weighted by Crippen LogP contribution is 2.18. The van der Waals surface area contributed by atoms with Crippen molar-refractivity contribution in [3.8, 4) is 0 Å². The van der Waals surface area contributed by atoms with Crippen molar-refractivity contribution < 1.29 is 27.5 Å². The summed E-state index contributed by atoms with van der Waals surface area (Å²) in [5.74, 6) is -4.35. The maximum Gasteiger partial charge on any atom is 0.341 e. The van der Waals surface area contributed by atoms with Crippen LogP contribution in [0.2, 0.25) is 0 Å². The van der Waals surface area contributed by atoms with Gasteiger partial charge in [-0.2, -0.15) is 0 Å². The van der Waals surface area contributed by atoms with Crippen molar-refractivity contribution >= 4 is 33.5 Å². The molecule has 4 nitrogen and oxygen atoms in total. The SMILES string of the molecule is C[C@@H](OC(=O)c1cc(Br)ccc1F)C(=O)Nc1cc(F)ccc1F. The lowest BCUT2D eigenvalue weighted by Crippen LogP contribution is -2.30. The van der Waals surface area contributed by atoms with E-state index in [1.165, 1.54) is 19.1 Å². The number of hydrogen-bond donors (Lipinski definition) is 1. The minimum Gasteiger partial charge on any atom is -0.449 e. The van der Waals surface area contributed by atoms with Gasteiger partial charge in [0.05, 0.1) is 11.3 Å². The second-order valence-electron chi connectivity index (χ2n) is 4.79. The number of halogens is 4. The summed E-state index contributed by atoms with van der Waals surface area (Å²) in [6.45, 7) is 1.22. The van der Waals surface area contributed by atoms with Crippen LogP contribution in [0.5, 0.6) is 0 Å². The third-order valence-electron chi connectivity index (χ3n) is 2.99. The first kappa shape index (κ1) is 18.0. The molecule has 0 heterocycles. The number of carbonyl (C=O) groups is 2. The lowest BCUT2D eigenvalue weighted by molar-refractivity contribution is -0.123. The summed E-state index contributed by atoms with van der Waals surface area (Å²) >= 11 is 3.09. The molecule has 8 heteroatoms. The maximum atomic E-state index is 13.6. The summed E-state index contributed by atoms with van der Waals surface area (Å²) in [6.07, 6.45) is -1.35. The fourth-order valence-corrected chi connectivity index (χ4v) is 2.12. The van der Waals surface area contributed by atoms with E-state index in [1.54, 1.807) is 0 Å². The first-order valence-corrected chi connectivity index (χ1v) is 7.49. The Morgan fingerprint density at radius 2 is 1.75 bits per heavy atom. The number of esters is 1. The van der Waals surface area contributed by atoms with E-state index < -0.39 is 41.1 Å². The van der Waals surface area contributed by atoms with Crippen molar-refractivity contribution in [1.82, 2.24) is 0 Å². The van der Waals surface area contributed by atoms with Crippen LogP contribution >= 0.6 is 15.9 Å². The Balaban J connectivity index is 2.07. The predicted molar refractivity (Wildman–Crippen MR) is 84.0 cm³/mol. The summed E-state index contributed by atoms with van der Waals surface area (Å²) in [7, 11) is 0. The van der Waals surface area contributed by atoms with Crippen LogP contribution in [0, 0.1) is 17.5 Å². The molecule has 2 aromatic carbocycles. The molecule has 0 aliphatic heterocycles. The van der Waals surface area contributed by atoms with E-state index in [4.69, 9.17) is 4.74 Å². The summed E-state index contributed by atoms with van der Waals surface area (Å²) in [6, 6.07) is 6.19. The average molecular weight is 402 g/mol. The fraction of sp³-hybridized carbons (Fsp3) is 0.125. The van der Waals surface area contributed by atoms with Gasteiger partial charge in [0, 0.05) is 10.5 Å². The molecule has 1 amide bonds. The molecule has 0 aromatic heterocycles. The second kappa shape index (κ2) is 7.48. The molecule has 0 radical (unpaired) electrons. The number of hydrogen-bond acceptors (Lipinski definition) is 3. The van der Waals surface area contributed by atoms with Crippen LogP contribution in [0.15, 0.2) is 40.9 Å². The quantitative estimate of drug-likeness (QED) is 0.786. The van der Waals surface area contributed by atoms with Gasteiger partial charge in [0.1, 0.15) is 17.5 Å². The summed E-state index contributed by atoms with van der Waals surface area (Å²) < 4.78 is 45.4. The molecule has 0 spiro atoms. The molecule has 0 fully saturated rings. The van der Waals surface area contributed by atoms with E-state index in [0.717, 1.165) is 24.3 Å². The van der Waals surface area contributed by atoms with E-state index in [0.29, 0.717) is 4.47 Å². The van der Waals surface area contributed by atoms with Crippen molar-refractivity contribution in [3.63, 3.8) is 0 Å². The summed E-state index contributed by atoms with van der Waals surface area (Å²) in [4.78, 5) is 23.8. The van der Waals surface area contributed by atoms with Gasteiger partial charge in [-0.05, 0) is 37.3 Å².